The van der Waals surface area contributed by atoms with Crippen LogP contribution in [0.4, 0.5) is 0 Å². The molecule has 1 aromatic carbocycles. The summed E-state index contributed by atoms with van der Waals surface area (Å²) in [6, 6.07) is 10.9. The summed E-state index contributed by atoms with van der Waals surface area (Å²) in [5.41, 5.74) is 4.19. The van der Waals surface area contributed by atoms with Gasteiger partial charge in [0.1, 0.15) is 0 Å². The Hall–Kier alpha value is -1.58. The summed E-state index contributed by atoms with van der Waals surface area (Å²) in [6.45, 7) is 1.92. The summed E-state index contributed by atoms with van der Waals surface area (Å²) in [6.07, 6.45) is 3.50. The highest BCUT2D eigenvalue weighted by Gasteiger charge is 2.13. The molecule has 0 aliphatic heterocycles. The molecule has 0 bridgehead atoms. The lowest BCUT2D eigenvalue weighted by Gasteiger charge is -2.03. The van der Waals surface area contributed by atoms with Crippen LogP contribution in [0.1, 0.15) is 15.9 Å². The number of nitrogens with one attached hydrogen (secondary N) is 1. The predicted octanol–water partition coefficient (Wildman–Crippen LogP) is -0.676. The molecule has 0 aliphatic rings. The van der Waals surface area contributed by atoms with Crippen molar-refractivity contribution in [1.82, 2.24) is 0 Å². The van der Waals surface area contributed by atoms with Gasteiger partial charge in [0.25, 0.3) is 0 Å². The quantitative estimate of drug-likeness (QED) is 0.728. The number of aromatic nitrogens is 1. The smallest absolute Gasteiger partial charge is 0.306 e. The van der Waals surface area contributed by atoms with Crippen LogP contribution in [-0.4, -0.2) is 5.91 Å². The van der Waals surface area contributed by atoms with Crippen molar-refractivity contribution in [2.75, 3.05) is 5.43 Å². The molecule has 0 radical (unpaired) electrons. The van der Waals surface area contributed by atoms with Gasteiger partial charge in [-0.1, -0.05) is 34.0 Å². The Morgan fingerprint density at radius 2 is 1.89 bits per heavy atom. The molecule has 0 spiro atoms. The summed E-state index contributed by atoms with van der Waals surface area (Å²) in [4.78, 5) is 12.0. The molecule has 0 saturated carbocycles. The summed E-state index contributed by atoms with van der Waals surface area (Å²) in [5, 5.41) is 0.449. The molecular formula is C13H12Cl2N2O. The van der Waals surface area contributed by atoms with Crippen LogP contribution in [0, 0.1) is 6.92 Å². The fourth-order valence-corrected chi connectivity index (χ4v) is 1.67. The van der Waals surface area contributed by atoms with Gasteiger partial charge in [-0.3, -0.25) is 4.79 Å². The predicted molar refractivity (Wildman–Crippen MR) is 66.5 cm³/mol. The molecule has 1 heterocycles. The Labute approximate surface area is 117 Å². The first-order valence-electron chi connectivity index (χ1n) is 5.20. The zero-order chi connectivity index (χ0) is 12.3. The number of hydrogen-bond acceptors (Lipinski definition) is 1. The van der Waals surface area contributed by atoms with Gasteiger partial charge in [0.05, 0.1) is 10.6 Å². The van der Waals surface area contributed by atoms with Gasteiger partial charge < -0.3 is 12.4 Å². The highest BCUT2D eigenvalue weighted by atomic mass is 35.5. The lowest BCUT2D eigenvalue weighted by molar-refractivity contribution is -0.641. The number of aryl methyl sites for hydroxylation is 1. The Kier molecular flexibility index (Phi) is 5.13. The average molecular weight is 283 g/mol. The van der Waals surface area contributed by atoms with Gasteiger partial charge in [-0.25, -0.2) is 0 Å². The molecule has 0 aliphatic carbocycles. The van der Waals surface area contributed by atoms with Crippen LogP contribution in [-0.2, 0) is 0 Å². The normalized spacial score (nSPS) is 9.44. The van der Waals surface area contributed by atoms with E-state index in [1.54, 1.807) is 29.2 Å². The number of carbonyl (C=O) groups excluding carboxylic acids is 1. The average Bonchev–Trinajstić information content (AvgIpc) is 2.33. The maximum atomic E-state index is 12.0. The van der Waals surface area contributed by atoms with E-state index in [4.69, 9.17) is 11.6 Å². The molecule has 0 atom stereocenters. The largest absolute Gasteiger partial charge is 1.00 e. The fourth-order valence-electron chi connectivity index (χ4n) is 1.46. The third-order valence-corrected chi connectivity index (χ3v) is 2.64. The van der Waals surface area contributed by atoms with Gasteiger partial charge in [-0.2, -0.15) is 0 Å². The van der Waals surface area contributed by atoms with E-state index in [0.29, 0.717) is 10.6 Å². The maximum absolute atomic E-state index is 12.0. The van der Waals surface area contributed by atoms with E-state index in [2.05, 4.69) is 5.43 Å². The number of rotatable bonds is 2. The zero-order valence-electron chi connectivity index (χ0n) is 9.73. The van der Waals surface area contributed by atoms with Crippen molar-refractivity contribution in [3.05, 3.63) is 64.9 Å². The molecule has 0 fully saturated rings. The van der Waals surface area contributed by atoms with Crippen molar-refractivity contribution < 1.29 is 21.9 Å². The lowest BCUT2D eigenvalue weighted by Crippen LogP contribution is -3.00. The Morgan fingerprint density at radius 1 is 1.22 bits per heavy atom. The van der Waals surface area contributed by atoms with Crippen LogP contribution in [0.15, 0.2) is 48.8 Å². The standard InChI is InChI=1S/C13H11ClN2O.ClH/c1-10-5-6-12(14)11(9-10)13(17)15-16-7-3-2-4-8-16;/h2-9H,1H3;1H. The minimum atomic E-state index is -0.227. The van der Waals surface area contributed by atoms with Crippen LogP contribution in [0.2, 0.25) is 5.02 Å². The number of carbonyl (C=O) groups is 1. The monoisotopic (exact) mass is 282 g/mol. The van der Waals surface area contributed by atoms with Gasteiger partial charge in [-0.05, 0) is 19.1 Å². The van der Waals surface area contributed by atoms with Crippen LogP contribution in [0.3, 0.4) is 0 Å². The van der Waals surface area contributed by atoms with E-state index in [1.165, 1.54) is 0 Å². The molecule has 1 N–H and O–H groups in total. The molecule has 2 rings (SSSR count). The molecule has 2 aromatic rings. The first-order valence-corrected chi connectivity index (χ1v) is 5.58. The number of hydrogen-bond donors (Lipinski definition) is 1. The second kappa shape index (κ2) is 6.38. The first-order chi connectivity index (χ1) is 8.16. The highest BCUT2D eigenvalue weighted by Crippen LogP contribution is 2.16. The third kappa shape index (κ3) is 3.45. The molecule has 94 valence electrons. The fraction of sp³-hybridized carbons (Fsp3) is 0.0769. The van der Waals surface area contributed by atoms with Crippen LogP contribution in [0.5, 0.6) is 0 Å². The molecule has 0 unspecified atom stereocenters. The van der Waals surface area contributed by atoms with Gasteiger partial charge in [-0.15, -0.1) is 5.43 Å². The van der Waals surface area contributed by atoms with Crippen molar-refractivity contribution in [2.24, 2.45) is 0 Å². The second-order valence-electron chi connectivity index (χ2n) is 3.71. The number of amides is 1. The van der Waals surface area contributed by atoms with E-state index < -0.39 is 0 Å². The van der Waals surface area contributed by atoms with Gasteiger partial charge in [0, 0.05) is 12.1 Å². The van der Waals surface area contributed by atoms with Crippen LogP contribution in [0.25, 0.3) is 0 Å². The molecule has 18 heavy (non-hydrogen) atoms. The Morgan fingerprint density at radius 3 is 2.56 bits per heavy atom. The molecule has 0 saturated heterocycles. The topological polar surface area (TPSA) is 33.0 Å². The summed E-state index contributed by atoms with van der Waals surface area (Å²) < 4.78 is 1.58. The maximum Gasteiger partial charge on any atom is 0.306 e. The molecule has 1 aromatic heterocycles. The minimum absolute atomic E-state index is 0. The summed E-state index contributed by atoms with van der Waals surface area (Å²) in [5.74, 6) is -0.227. The van der Waals surface area contributed by atoms with Crippen molar-refractivity contribution >= 4 is 17.5 Å². The molecular weight excluding hydrogens is 271 g/mol. The summed E-state index contributed by atoms with van der Waals surface area (Å²) >= 11 is 5.99. The van der Waals surface area contributed by atoms with Crippen molar-refractivity contribution in [2.45, 2.75) is 6.92 Å². The molecule has 5 heteroatoms. The number of pyridine rings is 1. The van der Waals surface area contributed by atoms with E-state index in [-0.39, 0.29) is 18.3 Å². The van der Waals surface area contributed by atoms with Crippen molar-refractivity contribution in [3.63, 3.8) is 0 Å². The first kappa shape index (κ1) is 14.5. The van der Waals surface area contributed by atoms with E-state index in [0.717, 1.165) is 5.56 Å². The minimum Gasteiger partial charge on any atom is -1.00 e. The van der Waals surface area contributed by atoms with Crippen LogP contribution >= 0.6 is 11.6 Å². The number of benzene rings is 1. The third-order valence-electron chi connectivity index (χ3n) is 2.31. The SMILES string of the molecule is Cc1ccc(Cl)c(C(=O)N[n+]2ccccc2)c1.[Cl-]. The van der Waals surface area contributed by atoms with Crippen molar-refractivity contribution in [1.29, 1.82) is 0 Å². The second-order valence-corrected chi connectivity index (χ2v) is 4.11. The van der Waals surface area contributed by atoms with Crippen LogP contribution < -0.4 is 22.5 Å². The van der Waals surface area contributed by atoms with E-state index >= 15 is 0 Å². The Bertz CT molecular complexity index is 544. The van der Waals surface area contributed by atoms with Gasteiger partial charge in [0.15, 0.2) is 12.4 Å². The van der Waals surface area contributed by atoms with Gasteiger partial charge in [0.2, 0.25) is 0 Å². The van der Waals surface area contributed by atoms with Crippen molar-refractivity contribution in [3.8, 4) is 0 Å². The van der Waals surface area contributed by atoms with E-state index in [9.17, 15) is 4.79 Å². The summed E-state index contributed by atoms with van der Waals surface area (Å²) in [7, 11) is 0. The number of nitrogens with zero attached hydrogens (tertiary/aromatic N) is 1. The lowest BCUT2D eigenvalue weighted by atomic mass is 10.1. The van der Waals surface area contributed by atoms with Gasteiger partial charge >= 0.3 is 5.91 Å². The van der Waals surface area contributed by atoms with E-state index in [1.807, 2.05) is 31.2 Å². The zero-order valence-corrected chi connectivity index (χ0v) is 11.2. The molecule has 3 nitrogen and oxygen atoms in total. The molecule has 1 amide bonds. The Balaban J connectivity index is 0.00000162. The highest BCUT2D eigenvalue weighted by molar-refractivity contribution is 6.34. The number of halogens is 2.